The Morgan fingerprint density at radius 1 is 1.00 bits per heavy atom. The van der Waals surface area contributed by atoms with Gasteiger partial charge in [-0.2, -0.15) is 0 Å². The minimum absolute atomic E-state index is 0.185. The molecule has 0 aliphatic heterocycles. The van der Waals surface area contributed by atoms with Crippen LogP contribution in [-0.4, -0.2) is 11.1 Å². The van der Waals surface area contributed by atoms with Crippen molar-refractivity contribution in [1.29, 1.82) is 0 Å². The van der Waals surface area contributed by atoms with E-state index in [0.29, 0.717) is 15.6 Å². The molecule has 0 unspecified atom stereocenters. The largest absolute Gasteiger partial charge is 0.478 e. The lowest BCUT2D eigenvalue weighted by atomic mass is 10.0. The number of hydrogen-bond donors (Lipinski definition) is 1. The van der Waals surface area contributed by atoms with Gasteiger partial charge in [-0.25, -0.2) is 4.79 Å². The molecule has 2 nitrogen and oxygen atoms in total. The Balaban J connectivity index is 2.46. The van der Waals surface area contributed by atoms with Gasteiger partial charge in [0.1, 0.15) is 0 Å². The van der Waals surface area contributed by atoms with Crippen molar-refractivity contribution in [3.63, 3.8) is 0 Å². The summed E-state index contributed by atoms with van der Waals surface area (Å²) in [6.45, 7) is 0. The van der Waals surface area contributed by atoms with E-state index in [1.54, 1.807) is 54.6 Å². The highest BCUT2D eigenvalue weighted by Crippen LogP contribution is 2.22. The molecular formula is C15H10Cl2O2. The SMILES string of the molecule is O=C(O)/C(=C/c1ccc(Cl)cc1)c1cccc(Cl)c1. The predicted molar refractivity (Wildman–Crippen MR) is 78.4 cm³/mol. The molecule has 0 spiro atoms. The molecule has 0 fully saturated rings. The minimum Gasteiger partial charge on any atom is -0.478 e. The smallest absolute Gasteiger partial charge is 0.336 e. The second-order valence-corrected chi connectivity index (χ2v) is 4.80. The van der Waals surface area contributed by atoms with Crippen LogP contribution in [0.15, 0.2) is 48.5 Å². The molecule has 2 aromatic carbocycles. The zero-order valence-electron chi connectivity index (χ0n) is 9.81. The van der Waals surface area contributed by atoms with Crippen LogP contribution in [0.4, 0.5) is 0 Å². The zero-order chi connectivity index (χ0) is 13.8. The number of halogens is 2. The number of aliphatic carboxylic acids is 1. The first-order valence-electron chi connectivity index (χ1n) is 5.53. The lowest BCUT2D eigenvalue weighted by molar-refractivity contribution is -0.130. The van der Waals surface area contributed by atoms with E-state index in [0.717, 1.165) is 5.56 Å². The first-order valence-corrected chi connectivity index (χ1v) is 6.28. The van der Waals surface area contributed by atoms with Gasteiger partial charge in [0.2, 0.25) is 0 Å². The molecule has 0 bridgehead atoms. The van der Waals surface area contributed by atoms with Crippen LogP contribution in [0.2, 0.25) is 10.0 Å². The highest BCUT2D eigenvalue weighted by molar-refractivity contribution is 6.31. The summed E-state index contributed by atoms with van der Waals surface area (Å²) in [6.07, 6.45) is 1.59. The Hall–Kier alpha value is -1.77. The topological polar surface area (TPSA) is 37.3 Å². The maximum absolute atomic E-state index is 11.3. The first kappa shape index (κ1) is 13.7. The number of hydrogen-bond acceptors (Lipinski definition) is 1. The minimum atomic E-state index is -1.00. The van der Waals surface area contributed by atoms with E-state index in [-0.39, 0.29) is 5.57 Å². The van der Waals surface area contributed by atoms with Gasteiger partial charge in [0, 0.05) is 10.0 Å². The molecule has 96 valence electrons. The Morgan fingerprint density at radius 3 is 2.26 bits per heavy atom. The van der Waals surface area contributed by atoms with Crippen molar-refractivity contribution >= 4 is 40.8 Å². The second-order valence-electron chi connectivity index (χ2n) is 3.93. The summed E-state index contributed by atoms with van der Waals surface area (Å²) in [6, 6.07) is 13.7. The highest BCUT2D eigenvalue weighted by atomic mass is 35.5. The molecule has 0 aliphatic carbocycles. The van der Waals surface area contributed by atoms with Crippen LogP contribution < -0.4 is 0 Å². The lowest BCUT2D eigenvalue weighted by Crippen LogP contribution is -1.99. The van der Waals surface area contributed by atoms with Crippen molar-refractivity contribution in [2.75, 3.05) is 0 Å². The summed E-state index contributed by atoms with van der Waals surface area (Å²) < 4.78 is 0. The summed E-state index contributed by atoms with van der Waals surface area (Å²) in [5.41, 5.74) is 1.52. The summed E-state index contributed by atoms with van der Waals surface area (Å²) in [5, 5.41) is 10.4. The maximum atomic E-state index is 11.3. The van der Waals surface area contributed by atoms with Crippen molar-refractivity contribution in [3.05, 3.63) is 69.7 Å². The number of carbonyl (C=O) groups is 1. The van der Waals surface area contributed by atoms with Gasteiger partial charge in [-0.15, -0.1) is 0 Å². The van der Waals surface area contributed by atoms with E-state index in [1.165, 1.54) is 0 Å². The van der Waals surface area contributed by atoms with Gasteiger partial charge in [0.05, 0.1) is 5.57 Å². The molecule has 0 radical (unpaired) electrons. The van der Waals surface area contributed by atoms with Gasteiger partial charge in [-0.05, 0) is 41.5 Å². The number of carboxylic acids is 1. The predicted octanol–water partition coefficient (Wildman–Crippen LogP) is 4.62. The Labute approximate surface area is 120 Å². The van der Waals surface area contributed by atoms with Crippen LogP contribution in [0, 0.1) is 0 Å². The van der Waals surface area contributed by atoms with Gasteiger partial charge in [-0.1, -0.05) is 47.5 Å². The van der Waals surface area contributed by atoms with E-state index >= 15 is 0 Å². The Morgan fingerprint density at radius 2 is 1.68 bits per heavy atom. The van der Waals surface area contributed by atoms with Crippen molar-refractivity contribution < 1.29 is 9.90 Å². The van der Waals surface area contributed by atoms with E-state index < -0.39 is 5.97 Å². The monoisotopic (exact) mass is 292 g/mol. The van der Waals surface area contributed by atoms with Crippen molar-refractivity contribution in [2.24, 2.45) is 0 Å². The van der Waals surface area contributed by atoms with Crippen molar-refractivity contribution in [1.82, 2.24) is 0 Å². The molecule has 1 N–H and O–H groups in total. The number of carboxylic acid groups (broad SMARTS) is 1. The number of benzene rings is 2. The molecule has 2 rings (SSSR count). The van der Waals surface area contributed by atoms with Crippen molar-refractivity contribution in [2.45, 2.75) is 0 Å². The molecule has 0 aromatic heterocycles. The van der Waals surface area contributed by atoms with E-state index in [2.05, 4.69) is 0 Å². The van der Waals surface area contributed by atoms with Gasteiger partial charge >= 0.3 is 5.97 Å². The molecule has 0 saturated heterocycles. The van der Waals surface area contributed by atoms with Crippen molar-refractivity contribution in [3.8, 4) is 0 Å². The van der Waals surface area contributed by atoms with Crippen LogP contribution >= 0.6 is 23.2 Å². The zero-order valence-corrected chi connectivity index (χ0v) is 11.3. The third-order valence-electron chi connectivity index (χ3n) is 2.55. The standard InChI is InChI=1S/C15H10Cl2O2/c16-12-6-4-10(5-7-12)8-14(15(18)19)11-2-1-3-13(17)9-11/h1-9H,(H,18,19)/b14-8+. The van der Waals surface area contributed by atoms with Crippen LogP contribution in [0.5, 0.6) is 0 Å². The first-order chi connectivity index (χ1) is 9.06. The summed E-state index contributed by atoms with van der Waals surface area (Å²) in [4.78, 5) is 11.3. The van der Waals surface area contributed by atoms with Crippen LogP contribution in [0.1, 0.15) is 11.1 Å². The quantitative estimate of drug-likeness (QED) is 0.662. The fourth-order valence-corrected chi connectivity index (χ4v) is 1.97. The molecule has 0 amide bonds. The molecule has 0 saturated carbocycles. The van der Waals surface area contributed by atoms with Crippen LogP contribution in [0.25, 0.3) is 11.6 Å². The lowest BCUT2D eigenvalue weighted by Gasteiger charge is -2.04. The van der Waals surface area contributed by atoms with Crippen LogP contribution in [-0.2, 0) is 4.79 Å². The molecule has 0 heterocycles. The average molecular weight is 293 g/mol. The molecular weight excluding hydrogens is 283 g/mol. The summed E-state index contributed by atoms with van der Waals surface area (Å²) in [7, 11) is 0. The normalized spacial score (nSPS) is 11.4. The fourth-order valence-electron chi connectivity index (χ4n) is 1.65. The molecule has 0 aliphatic rings. The highest BCUT2D eigenvalue weighted by Gasteiger charge is 2.10. The van der Waals surface area contributed by atoms with E-state index in [1.807, 2.05) is 0 Å². The van der Waals surface area contributed by atoms with Gasteiger partial charge in [0.15, 0.2) is 0 Å². The van der Waals surface area contributed by atoms with Crippen LogP contribution in [0.3, 0.4) is 0 Å². The molecule has 0 atom stereocenters. The van der Waals surface area contributed by atoms with E-state index in [4.69, 9.17) is 23.2 Å². The van der Waals surface area contributed by atoms with Gasteiger partial charge in [-0.3, -0.25) is 0 Å². The maximum Gasteiger partial charge on any atom is 0.336 e. The van der Waals surface area contributed by atoms with Gasteiger partial charge < -0.3 is 5.11 Å². The average Bonchev–Trinajstić information content (AvgIpc) is 2.37. The molecule has 2 aromatic rings. The third-order valence-corrected chi connectivity index (χ3v) is 3.03. The van der Waals surface area contributed by atoms with E-state index in [9.17, 15) is 9.90 Å². The third kappa shape index (κ3) is 3.60. The molecule has 4 heteroatoms. The van der Waals surface area contributed by atoms with Gasteiger partial charge in [0.25, 0.3) is 0 Å². The number of rotatable bonds is 3. The summed E-state index contributed by atoms with van der Waals surface area (Å²) in [5.74, 6) is -1.00. The fraction of sp³-hybridized carbons (Fsp3) is 0. The summed E-state index contributed by atoms with van der Waals surface area (Å²) >= 11 is 11.7. The Kier molecular flexibility index (Phi) is 4.25. The second kappa shape index (κ2) is 5.91. The molecule has 19 heavy (non-hydrogen) atoms. The Bertz CT molecular complexity index is 631.